The Morgan fingerprint density at radius 1 is 1.28 bits per heavy atom. The van der Waals surface area contributed by atoms with E-state index in [1.165, 1.54) is 13.2 Å². The molecule has 1 aromatic carbocycles. The van der Waals surface area contributed by atoms with E-state index in [1.54, 1.807) is 11.0 Å². The summed E-state index contributed by atoms with van der Waals surface area (Å²) in [5.41, 5.74) is 0.850. The molecule has 0 radical (unpaired) electrons. The van der Waals surface area contributed by atoms with Crippen molar-refractivity contribution >= 4 is 39.9 Å². The molecule has 1 saturated heterocycles. The Bertz CT molecular complexity index is 665. The molecule has 0 N–H and O–H groups in total. The lowest BCUT2D eigenvalue weighted by molar-refractivity contribution is -0.151. The SMILES string of the molecule is COC(=O)C1CCN(C(=O)COC(=O)/C=C/c2cccc(Br)c2)CC1. The Balaban J connectivity index is 1.74. The maximum atomic E-state index is 12.1. The van der Waals surface area contributed by atoms with Crippen molar-refractivity contribution in [1.29, 1.82) is 0 Å². The smallest absolute Gasteiger partial charge is 0.331 e. The second-order valence-electron chi connectivity index (χ2n) is 5.67. The predicted molar refractivity (Wildman–Crippen MR) is 95.5 cm³/mol. The molecule has 25 heavy (non-hydrogen) atoms. The van der Waals surface area contributed by atoms with Crippen molar-refractivity contribution in [2.24, 2.45) is 5.92 Å². The van der Waals surface area contributed by atoms with Crippen LogP contribution in [0.3, 0.4) is 0 Å². The van der Waals surface area contributed by atoms with E-state index in [-0.39, 0.29) is 24.4 Å². The summed E-state index contributed by atoms with van der Waals surface area (Å²) in [6.07, 6.45) is 4.04. The number of carbonyl (C=O) groups is 3. The Kier molecular flexibility index (Phi) is 7.18. The highest BCUT2D eigenvalue weighted by Gasteiger charge is 2.28. The van der Waals surface area contributed by atoms with E-state index >= 15 is 0 Å². The molecule has 1 amide bonds. The van der Waals surface area contributed by atoms with Crippen LogP contribution < -0.4 is 0 Å². The van der Waals surface area contributed by atoms with Crippen LogP contribution in [-0.4, -0.2) is 49.6 Å². The third-order valence-electron chi connectivity index (χ3n) is 3.98. The zero-order valence-corrected chi connectivity index (χ0v) is 15.5. The molecule has 1 fully saturated rings. The fourth-order valence-corrected chi connectivity index (χ4v) is 2.99. The second-order valence-corrected chi connectivity index (χ2v) is 6.59. The Morgan fingerprint density at radius 2 is 2.00 bits per heavy atom. The third-order valence-corrected chi connectivity index (χ3v) is 4.47. The van der Waals surface area contributed by atoms with Crippen molar-refractivity contribution < 1.29 is 23.9 Å². The van der Waals surface area contributed by atoms with Gasteiger partial charge in [-0.15, -0.1) is 0 Å². The highest BCUT2D eigenvalue weighted by molar-refractivity contribution is 9.10. The van der Waals surface area contributed by atoms with Gasteiger partial charge in [0, 0.05) is 23.6 Å². The Hall–Kier alpha value is -2.15. The van der Waals surface area contributed by atoms with Crippen LogP contribution in [0.1, 0.15) is 18.4 Å². The van der Waals surface area contributed by atoms with Crippen molar-refractivity contribution in [3.05, 3.63) is 40.4 Å². The molecule has 6 nitrogen and oxygen atoms in total. The number of amides is 1. The number of halogens is 1. The second kappa shape index (κ2) is 9.36. The number of hydrogen-bond donors (Lipinski definition) is 0. The monoisotopic (exact) mass is 409 g/mol. The molecule has 1 aliphatic heterocycles. The minimum Gasteiger partial charge on any atom is -0.469 e. The van der Waals surface area contributed by atoms with Crippen LogP contribution in [-0.2, 0) is 23.9 Å². The Labute approximate surface area is 154 Å². The summed E-state index contributed by atoms with van der Waals surface area (Å²) in [5.74, 6) is -1.23. The van der Waals surface area contributed by atoms with Crippen LogP contribution in [0.5, 0.6) is 0 Å². The van der Waals surface area contributed by atoms with Gasteiger partial charge < -0.3 is 14.4 Å². The quantitative estimate of drug-likeness (QED) is 0.551. The van der Waals surface area contributed by atoms with E-state index in [9.17, 15) is 14.4 Å². The molecular formula is C18H20BrNO5. The van der Waals surface area contributed by atoms with Gasteiger partial charge in [-0.05, 0) is 36.6 Å². The largest absolute Gasteiger partial charge is 0.469 e. The molecular weight excluding hydrogens is 390 g/mol. The minimum atomic E-state index is -0.572. The average molecular weight is 410 g/mol. The van der Waals surface area contributed by atoms with Gasteiger partial charge in [-0.1, -0.05) is 28.1 Å². The number of likely N-dealkylation sites (tertiary alicyclic amines) is 1. The van der Waals surface area contributed by atoms with Crippen LogP contribution in [0.2, 0.25) is 0 Å². The number of ether oxygens (including phenoxy) is 2. The van der Waals surface area contributed by atoms with Crippen LogP contribution in [0.25, 0.3) is 6.08 Å². The molecule has 2 rings (SSSR count). The summed E-state index contributed by atoms with van der Waals surface area (Å²) >= 11 is 3.35. The van der Waals surface area contributed by atoms with Gasteiger partial charge in [-0.3, -0.25) is 9.59 Å². The lowest BCUT2D eigenvalue weighted by atomic mass is 9.97. The van der Waals surface area contributed by atoms with Crippen LogP contribution >= 0.6 is 15.9 Å². The topological polar surface area (TPSA) is 72.9 Å². The Morgan fingerprint density at radius 3 is 2.64 bits per heavy atom. The van der Waals surface area contributed by atoms with E-state index < -0.39 is 5.97 Å². The molecule has 0 aromatic heterocycles. The molecule has 0 spiro atoms. The third kappa shape index (κ3) is 6.01. The van der Waals surface area contributed by atoms with E-state index in [1.807, 2.05) is 24.3 Å². The fourth-order valence-electron chi connectivity index (χ4n) is 2.58. The maximum Gasteiger partial charge on any atom is 0.331 e. The van der Waals surface area contributed by atoms with Crippen molar-refractivity contribution in [1.82, 2.24) is 4.90 Å². The van der Waals surface area contributed by atoms with Crippen LogP contribution in [0, 0.1) is 5.92 Å². The van der Waals surface area contributed by atoms with Gasteiger partial charge in [0.15, 0.2) is 6.61 Å². The number of rotatable bonds is 5. The van der Waals surface area contributed by atoms with Crippen LogP contribution in [0.15, 0.2) is 34.8 Å². The normalized spacial score (nSPS) is 15.2. The summed E-state index contributed by atoms with van der Waals surface area (Å²) in [7, 11) is 1.36. The predicted octanol–water partition coefficient (Wildman–Crippen LogP) is 2.42. The molecule has 0 unspecified atom stereocenters. The highest BCUT2D eigenvalue weighted by Crippen LogP contribution is 2.18. The molecule has 134 valence electrons. The van der Waals surface area contributed by atoms with Gasteiger partial charge in [0.05, 0.1) is 13.0 Å². The summed E-state index contributed by atoms with van der Waals surface area (Å²) in [6, 6.07) is 7.46. The van der Waals surface area contributed by atoms with Crippen molar-refractivity contribution in [2.45, 2.75) is 12.8 Å². The number of methoxy groups -OCH3 is 1. The molecule has 0 aliphatic carbocycles. The number of hydrogen-bond acceptors (Lipinski definition) is 5. The highest BCUT2D eigenvalue weighted by atomic mass is 79.9. The van der Waals surface area contributed by atoms with Gasteiger partial charge in [0.25, 0.3) is 5.91 Å². The van der Waals surface area contributed by atoms with E-state index in [4.69, 9.17) is 9.47 Å². The average Bonchev–Trinajstić information content (AvgIpc) is 2.64. The number of esters is 2. The van der Waals surface area contributed by atoms with Gasteiger partial charge in [-0.25, -0.2) is 4.79 Å². The summed E-state index contributed by atoms with van der Waals surface area (Å²) in [5, 5.41) is 0. The molecule has 0 saturated carbocycles. The molecule has 1 aromatic rings. The van der Waals surface area contributed by atoms with Gasteiger partial charge in [0.2, 0.25) is 0 Å². The van der Waals surface area contributed by atoms with Crippen molar-refractivity contribution in [3.8, 4) is 0 Å². The number of benzene rings is 1. The standard InChI is InChI=1S/C18H20BrNO5/c1-24-18(23)14-7-9-20(10-8-14)16(21)12-25-17(22)6-5-13-3-2-4-15(19)11-13/h2-6,11,14H,7-10,12H2,1H3/b6-5+. The molecule has 7 heteroatoms. The zero-order valence-electron chi connectivity index (χ0n) is 13.9. The summed E-state index contributed by atoms with van der Waals surface area (Å²) in [6.45, 7) is 0.624. The van der Waals surface area contributed by atoms with Gasteiger partial charge in [-0.2, -0.15) is 0 Å². The number of nitrogens with zero attached hydrogens (tertiary/aromatic N) is 1. The first-order valence-corrected chi connectivity index (χ1v) is 8.75. The van der Waals surface area contributed by atoms with Gasteiger partial charge >= 0.3 is 11.9 Å². The molecule has 0 bridgehead atoms. The summed E-state index contributed by atoms with van der Waals surface area (Å²) < 4.78 is 10.6. The maximum absolute atomic E-state index is 12.1. The molecule has 1 heterocycles. The van der Waals surface area contributed by atoms with Crippen molar-refractivity contribution in [3.63, 3.8) is 0 Å². The lowest BCUT2D eigenvalue weighted by Gasteiger charge is -2.30. The zero-order chi connectivity index (χ0) is 18.2. The van der Waals surface area contributed by atoms with Gasteiger partial charge in [0.1, 0.15) is 0 Å². The van der Waals surface area contributed by atoms with E-state index in [2.05, 4.69) is 15.9 Å². The van der Waals surface area contributed by atoms with Crippen LogP contribution in [0.4, 0.5) is 0 Å². The first-order valence-electron chi connectivity index (χ1n) is 7.95. The van der Waals surface area contributed by atoms with E-state index in [0.717, 1.165) is 10.0 Å². The first-order chi connectivity index (χ1) is 12.0. The summed E-state index contributed by atoms with van der Waals surface area (Å²) in [4.78, 5) is 36.9. The number of carbonyl (C=O) groups excluding carboxylic acids is 3. The molecule has 0 atom stereocenters. The molecule has 1 aliphatic rings. The lowest BCUT2D eigenvalue weighted by Crippen LogP contribution is -2.42. The fraction of sp³-hybridized carbons (Fsp3) is 0.389. The van der Waals surface area contributed by atoms with E-state index in [0.29, 0.717) is 25.9 Å². The number of piperidine rings is 1. The minimum absolute atomic E-state index is 0.162. The first kappa shape index (κ1) is 19.2. The van der Waals surface area contributed by atoms with Crippen molar-refractivity contribution in [2.75, 3.05) is 26.8 Å².